The van der Waals surface area contributed by atoms with Crippen molar-refractivity contribution in [2.45, 2.75) is 39.3 Å². The van der Waals surface area contributed by atoms with Gasteiger partial charge in [-0.2, -0.15) is 5.10 Å². The highest BCUT2D eigenvalue weighted by Gasteiger charge is 2.25. The molecule has 1 atom stereocenters. The van der Waals surface area contributed by atoms with Crippen molar-refractivity contribution < 1.29 is 9.90 Å². The molecule has 0 saturated carbocycles. The summed E-state index contributed by atoms with van der Waals surface area (Å²) < 4.78 is 1.82. The molecule has 3 N–H and O–H groups in total. The van der Waals surface area contributed by atoms with Gasteiger partial charge in [0.1, 0.15) is 0 Å². The van der Waals surface area contributed by atoms with E-state index in [1.165, 1.54) is 0 Å². The summed E-state index contributed by atoms with van der Waals surface area (Å²) in [7, 11) is 0. The summed E-state index contributed by atoms with van der Waals surface area (Å²) in [6.07, 6.45) is 4.43. The van der Waals surface area contributed by atoms with Crippen LogP contribution >= 0.6 is 0 Å². The zero-order valence-electron chi connectivity index (χ0n) is 11.9. The van der Waals surface area contributed by atoms with Gasteiger partial charge in [0.15, 0.2) is 0 Å². The fourth-order valence-electron chi connectivity index (χ4n) is 1.40. The van der Waals surface area contributed by atoms with Gasteiger partial charge in [0.25, 0.3) is 0 Å². The average molecular weight is 268 g/mol. The van der Waals surface area contributed by atoms with Gasteiger partial charge >= 0.3 is 6.03 Å². The first-order valence-electron chi connectivity index (χ1n) is 6.63. The van der Waals surface area contributed by atoms with Crippen LogP contribution in [0.15, 0.2) is 18.5 Å². The van der Waals surface area contributed by atoms with Crippen LogP contribution in [0.1, 0.15) is 27.2 Å². The minimum Gasteiger partial charge on any atom is -0.388 e. The molecule has 0 spiro atoms. The number of nitrogens with one attached hydrogen (secondary N) is 2. The Morgan fingerprint density at radius 3 is 2.79 bits per heavy atom. The van der Waals surface area contributed by atoms with Crippen molar-refractivity contribution in [3.63, 3.8) is 0 Å². The molecule has 6 heteroatoms. The molecule has 1 rings (SSSR count). The Balaban J connectivity index is 2.11. The predicted molar refractivity (Wildman–Crippen MR) is 73.7 cm³/mol. The Bertz CT molecular complexity index is 374. The number of carbonyl (C=O) groups is 1. The van der Waals surface area contributed by atoms with Crippen LogP contribution in [-0.4, -0.2) is 39.6 Å². The number of nitrogens with zero attached hydrogens (tertiary/aromatic N) is 2. The number of aryl methyl sites for hydroxylation is 1. The normalized spacial score (nSPS) is 14.2. The maximum Gasteiger partial charge on any atom is 0.314 e. The van der Waals surface area contributed by atoms with Crippen LogP contribution < -0.4 is 10.6 Å². The highest BCUT2D eigenvalue weighted by molar-refractivity contribution is 5.73. The fourth-order valence-corrected chi connectivity index (χ4v) is 1.40. The summed E-state index contributed by atoms with van der Waals surface area (Å²) in [6, 6.07) is 1.62. The zero-order valence-corrected chi connectivity index (χ0v) is 11.9. The van der Waals surface area contributed by atoms with E-state index in [9.17, 15) is 9.90 Å². The number of urea groups is 1. The number of carbonyl (C=O) groups excluding carboxylic acids is 1. The molecule has 19 heavy (non-hydrogen) atoms. The molecule has 1 aromatic heterocycles. The number of aromatic nitrogens is 2. The molecule has 1 heterocycles. The maximum absolute atomic E-state index is 11.5. The Hall–Kier alpha value is -1.56. The summed E-state index contributed by atoms with van der Waals surface area (Å²) in [5, 5.41) is 19.5. The van der Waals surface area contributed by atoms with Crippen LogP contribution in [0.3, 0.4) is 0 Å². The minimum atomic E-state index is -0.883. The van der Waals surface area contributed by atoms with Gasteiger partial charge in [-0.1, -0.05) is 13.8 Å². The number of amides is 2. The Kier molecular flexibility index (Phi) is 5.82. The van der Waals surface area contributed by atoms with E-state index in [0.717, 1.165) is 13.0 Å². The van der Waals surface area contributed by atoms with Crippen molar-refractivity contribution in [3.8, 4) is 0 Å². The lowest BCUT2D eigenvalue weighted by Gasteiger charge is -2.27. The molecule has 0 fully saturated rings. The third kappa shape index (κ3) is 5.74. The number of hydrogen-bond acceptors (Lipinski definition) is 3. The number of rotatable bonds is 7. The van der Waals surface area contributed by atoms with Gasteiger partial charge in [-0.25, -0.2) is 4.79 Å². The third-order valence-corrected chi connectivity index (χ3v) is 3.26. The van der Waals surface area contributed by atoms with Crippen molar-refractivity contribution in [3.05, 3.63) is 18.5 Å². The van der Waals surface area contributed by atoms with Crippen molar-refractivity contribution in [1.82, 2.24) is 20.4 Å². The summed E-state index contributed by atoms with van der Waals surface area (Å²) in [4.78, 5) is 11.5. The summed E-state index contributed by atoms with van der Waals surface area (Å²) >= 11 is 0. The van der Waals surface area contributed by atoms with Gasteiger partial charge in [-0.15, -0.1) is 0 Å². The number of hydrogen-bond donors (Lipinski definition) is 3. The molecule has 0 bridgehead atoms. The van der Waals surface area contributed by atoms with Crippen LogP contribution in [0.2, 0.25) is 0 Å². The third-order valence-electron chi connectivity index (χ3n) is 3.26. The quantitative estimate of drug-likeness (QED) is 0.645. The van der Waals surface area contributed by atoms with E-state index >= 15 is 0 Å². The summed E-state index contributed by atoms with van der Waals surface area (Å²) in [5.74, 6) is 0.0904. The average Bonchev–Trinajstić information content (AvgIpc) is 2.85. The minimum absolute atomic E-state index is 0.0904. The first-order chi connectivity index (χ1) is 8.92. The first-order valence-corrected chi connectivity index (χ1v) is 6.63. The monoisotopic (exact) mass is 268 g/mol. The molecule has 0 radical (unpaired) electrons. The molecule has 2 amide bonds. The van der Waals surface area contributed by atoms with E-state index in [-0.39, 0.29) is 18.5 Å². The highest BCUT2D eigenvalue weighted by Crippen LogP contribution is 2.14. The maximum atomic E-state index is 11.5. The molecular weight excluding hydrogens is 244 g/mol. The van der Waals surface area contributed by atoms with Gasteiger partial charge in [0.05, 0.1) is 5.60 Å². The van der Waals surface area contributed by atoms with Gasteiger partial charge in [0.2, 0.25) is 0 Å². The molecule has 0 saturated heterocycles. The van der Waals surface area contributed by atoms with Crippen molar-refractivity contribution in [2.24, 2.45) is 5.92 Å². The predicted octanol–water partition coefficient (Wildman–Crippen LogP) is 0.979. The van der Waals surface area contributed by atoms with Crippen LogP contribution in [-0.2, 0) is 6.54 Å². The second-order valence-electron chi connectivity index (χ2n) is 5.24. The Morgan fingerprint density at radius 1 is 1.47 bits per heavy atom. The largest absolute Gasteiger partial charge is 0.388 e. The summed E-state index contributed by atoms with van der Waals surface area (Å²) in [5.41, 5.74) is -0.883. The lowest BCUT2D eigenvalue weighted by atomic mass is 9.93. The molecule has 108 valence electrons. The number of aliphatic hydroxyl groups is 1. The molecular formula is C13H24N4O2. The van der Waals surface area contributed by atoms with E-state index in [1.807, 2.05) is 30.8 Å². The first kappa shape index (κ1) is 15.5. The Morgan fingerprint density at radius 2 is 2.21 bits per heavy atom. The van der Waals surface area contributed by atoms with Gasteiger partial charge in [-0.05, 0) is 25.3 Å². The molecule has 0 aliphatic rings. The summed E-state index contributed by atoms with van der Waals surface area (Å²) in [6.45, 7) is 7.16. The zero-order chi connectivity index (χ0) is 14.3. The smallest absolute Gasteiger partial charge is 0.314 e. The molecule has 0 aliphatic carbocycles. The van der Waals surface area contributed by atoms with Crippen LogP contribution in [0, 0.1) is 5.92 Å². The molecule has 0 aliphatic heterocycles. The van der Waals surface area contributed by atoms with E-state index in [2.05, 4.69) is 15.7 Å². The molecule has 0 aromatic carbocycles. The standard InChI is InChI=1S/C13H24N4O2/c1-11(2)13(3,19)10-15-12(18)14-6-4-8-17-9-5-7-16-17/h5,7,9,11,19H,4,6,8,10H2,1-3H3,(H2,14,15,18). The topological polar surface area (TPSA) is 79.2 Å². The van der Waals surface area contributed by atoms with Crippen molar-refractivity contribution in [2.75, 3.05) is 13.1 Å². The van der Waals surface area contributed by atoms with E-state index in [1.54, 1.807) is 13.1 Å². The van der Waals surface area contributed by atoms with Gasteiger partial charge in [-0.3, -0.25) is 4.68 Å². The van der Waals surface area contributed by atoms with Gasteiger partial charge in [0, 0.05) is 32.0 Å². The van der Waals surface area contributed by atoms with Crippen LogP contribution in [0.5, 0.6) is 0 Å². The molecule has 1 aromatic rings. The van der Waals surface area contributed by atoms with Crippen molar-refractivity contribution >= 4 is 6.03 Å². The SMILES string of the molecule is CC(C)C(C)(O)CNC(=O)NCCCn1cccn1. The Labute approximate surface area is 114 Å². The van der Waals surface area contributed by atoms with Crippen LogP contribution in [0.4, 0.5) is 4.79 Å². The molecule has 6 nitrogen and oxygen atoms in total. The molecule has 1 unspecified atom stereocenters. The fraction of sp³-hybridized carbons (Fsp3) is 0.692. The second kappa shape index (κ2) is 7.13. The highest BCUT2D eigenvalue weighted by atomic mass is 16.3. The van der Waals surface area contributed by atoms with Crippen molar-refractivity contribution in [1.29, 1.82) is 0 Å². The second-order valence-corrected chi connectivity index (χ2v) is 5.24. The van der Waals surface area contributed by atoms with Crippen LogP contribution in [0.25, 0.3) is 0 Å². The van der Waals surface area contributed by atoms with E-state index in [4.69, 9.17) is 0 Å². The lowest BCUT2D eigenvalue weighted by molar-refractivity contribution is 0.0166. The van der Waals surface area contributed by atoms with E-state index < -0.39 is 5.60 Å². The lowest BCUT2D eigenvalue weighted by Crippen LogP contribution is -2.47. The van der Waals surface area contributed by atoms with Gasteiger partial charge < -0.3 is 15.7 Å². The van der Waals surface area contributed by atoms with E-state index in [0.29, 0.717) is 6.54 Å².